The Morgan fingerprint density at radius 3 is 2.08 bits per heavy atom. The van der Waals surface area contributed by atoms with Crippen LogP contribution < -0.4 is 4.90 Å². The van der Waals surface area contributed by atoms with E-state index < -0.39 is 0 Å². The van der Waals surface area contributed by atoms with Crippen molar-refractivity contribution in [3.63, 3.8) is 0 Å². The van der Waals surface area contributed by atoms with E-state index in [-0.39, 0.29) is 0 Å². The largest absolute Gasteiger partial charge is 0.368 e. The number of hydrogen-bond acceptors (Lipinski definition) is 4. The van der Waals surface area contributed by atoms with E-state index in [1.807, 2.05) is 47.3 Å². The fourth-order valence-electron chi connectivity index (χ4n) is 3.16. The number of piperazine rings is 1. The smallest absolute Gasteiger partial charge is 0.113 e. The molecule has 0 aliphatic carbocycles. The second-order valence-electron chi connectivity index (χ2n) is 6.06. The molecule has 0 bridgehead atoms. The van der Waals surface area contributed by atoms with Crippen LogP contribution in [0.15, 0.2) is 48.5 Å². The zero-order valence-electron chi connectivity index (χ0n) is 13.5. The second kappa shape index (κ2) is 6.79. The van der Waals surface area contributed by atoms with E-state index in [1.54, 1.807) is 0 Å². The van der Waals surface area contributed by atoms with E-state index in [4.69, 9.17) is 11.6 Å². The summed E-state index contributed by atoms with van der Waals surface area (Å²) in [6.45, 7) is 5.85. The number of benzene rings is 2. The first-order valence-corrected chi connectivity index (χ1v) is 8.69. The van der Waals surface area contributed by atoms with Crippen molar-refractivity contribution in [1.82, 2.24) is 19.9 Å². The Bertz CT molecular complexity index is 790. The lowest BCUT2D eigenvalue weighted by molar-refractivity contribution is 0.240. The molecule has 4 rings (SSSR count). The Morgan fingerprint density at radius 2 is 1.42 bits per heavy atom. The molecule has 0 radical (unpaired) electrons. The van der Waals surface area contributed by atoms with Gasteiger partial charge in [0.15, 0.2) is 0 Å². The molecule has 1 aromatic heterocycles. The first-order chi connectivity index (χ1) is 11.8. The maximum Gasteiger partial charge on any atom is 0.113 e. The number of fused-ring (bicyclic) bond motifs is 1. The molecule has 124 valence electrons. The Labute approximate surface area is 146 Å². The molecule has 5 nitrogen and oxygen atoms in total. The number of anilines is 1. The van der Waals surface area contributed by atoms with Crippen LogP contribution in [0.4, 0.5) is 5.69 Å². The van der Waals surface area contributed by atoms with Crippen LogP contribution in [0, 0.1) is 0 Å². The maximum absolute atomic E-state index is 6.30. The molecular formula is C18H20ClN5. The Balaban J connectivity index is 1.32. The fourth-order valence-corrected chi connectivity index (χ4v) is 3.41. The van der Waals surface area contributed by atoms with Crippen LogP contribution >= 0.6 is 11.6 Å². The summed E-state index contributed by atoms with van der Waals surface area (Å²) in [6, 6.07) is 16.1. The third-order valence-electron chi connectivity index (χ3n) is 4.51. The number of halogens is 1. The van der Waals surface area contributed by atoms with Crippen LogP contribution in [0.3, 0.4) is 0 Å². The predicted molar refractivity (Wildman–Crippen MR) is 97.6 cm³/mol. The molecule has 1 fully saturated rings. The van der Waals surface area contributed by atoms with Gasteiger partial charge in [-0.2, -0.15) is 15.0 Å². The molecule has 1 saturated heterocycles. The summed E-state index contributed by atoms with van der Waals surface area (Å²) < 4.78 is 0. The molecule has 0 N–H and O–H groups in total. The lowest BCUT2D eigenvalue weighted by Gasteiger charge is -2.36. The first-order valence-electron chi connectivity index (χ1n) is 8.31. The van der Waals surface area contributed by atoms with E-state index in [9.17, 15) is 0 Å². The molecule has 2 heterocycles. The normalized spacial score (nSPS) is 16.0. The van der Waals surface area contributed by atoms with Crippen LogP contribution in [0.1, 0.15) is 0 Å². The number of nitrogens with zero attached hydrogens (tertiary/aromatic N) is 5. The van der Waals surface area contributed by atoms with E-state index in [1.165, 1.54) is 0 Å². The summed E-state index contributed by atoms with van der Waals surface area (Å²) in [7, 11) is 0. The molecule has 0 atom stereocenters. The third-order valence-corrected chi connectivity index (χ3v) is 4.83. The quantitative estimate of drug-likeness (QED) is 0.731. The third kappa shape index (κ3) is 3.23. The summed E-state index contributed by atoms with van der Waals surface area (Å²) in [5.41, 5.74) is 3.06. The van der Waals surface area contributed by atoms with Gasteiger partial charge in [0.1, 0.15) is 11.0 Å². The second-order valence-corrected chi connectivity index (χ2v) is 6.47. The number of aromatic nitrogens is 3. The molecule has 1 aliphatic heterocycles. The maximum atomic E-state index is 6.30. The lowest BCUT2D eigenvalue weighted by atomic mass is 10.2. The molecule has 24 heavy (non-hydrogen) atoms. The van der Waals surface area contributed by atoms with E-state index in [0.717, 1.165) is 61.0 Å². The van der Waals surface area contributed by atoms with Gasteiger partial charge in [0.25, 0.3) is 0 Å². The van der Waals surface area contributed by atoms with Gasteiger partial charge in [-0.3, -0.25) is 4.90 Å². The highest BCUT2D eigenvalue weighted by atomic mass is 35.5. The van der Waals surface area contributed by atoms with Crippen molar-refractivity contribution < 1.29 is 0 Å². The Morgan fingerprint density at radius 1 is 0.792 bits per heavy atom. The molecule has 6 heteroatoms. The van der Waals surface area contributed by atoms with Gasteiger partial charge in [0.05, 0.1) is 17.3 Å². The van der Waals surface area contributed by atoms with Gasteiger partial charge < -0.3 is 4.90 Å². The monoisotopic (exact) mass is 341 g/mol. The Hall–Kier alpha value is -2.11. The summed E-state index contributed by atoms with van der Waals surface area (Å²) in [6.07, 6.45) is 0. The van der Waals surface area contributed by atoms with Crippen molar-refractivity contribution in [2.24, 2.45) is 0 Å². The van der Waals surface area contributed by atoms with Crippen LogP contribution in [-0.4, -0.2) is 52.6 Å². The topological polar surface area (TPSA) is 37.2 Å². The van der Waals surface area contributed by atoms with Gasteiger partial charge in [-0.15, -0.1) is 0 Å². The predicted octanol–water partition coefficient (Wildman–Crippen LogP) is 2.91. The number of para-hydroxylation sites is 1. The summed E-state index contributed by atoms with van der Waals surface area (Å²) in [5.74, 6) is 0. The average molecular weight is 342 g/mol. The Kier molecular flexibility index (Phi) is 4.36. The fraction of sp³-hybridized carbons (Fsp3) is 0.333. The SMILES string of the molecule is Clc1ccccc1N1CCN(CCn2nc3ccccc3n2)CC1. The first kappa shape index (κ1) is 15.4. The van der Waals surface area contributed by atoms with E-state index in [0.29, 0.717) is 0 Å². The molecular weight excluding hydrogens is 322 g/mol. The molecule has 2 aromatic carbocycles. The molecule has 0 spiro atoms. The van der Waals surface area contributed by atoms with Crippen LogP contribution in [0.25, 0.3) is 11.0 Å². The van der Waals surface area contributed by atoms with Gasteiger partial charge in [0.2, 0.25) is 0 Å². The van der Waals surface area contributed by atoms with Crippen LogP contribution in [0.5, 0.6) is 0 Å². The molecule has 0 unspecified atom stereocenters. The average Bonchev–Trinajstić information content (AvgIpc) is 3.04. The molecule has 0 saturated carbocycles. The molecule has 3 aromatic rings. The van der Waals surface area contributed by atoms with E-state index in [2.05, 4.69) is 26.1 Å². The van der Waals surface area contributed by atoms with Gasteiger partial charge in [0, 0.05) is 32.7 Å². The van der Waals surface area contributed by atoms with Crippen LogP contribution in [0.2, 0.25) is 5.02 Å². The number of rotatable bonds is 4. The number of hydrogen-bond donors (Lipinski definition) is 0. The van der Waals surface area contributed by atoms with Gasteiger partial charge >= 0.3 is 0 Å². The summed E-state index contributed by atoms with van der Waals surface area (Å²) in [5, 5.41) is 9.88. The highest BCUT2D eigenvalue weighted by molar-refractivity contribution is 6.33. The van der Waals surface area contributed by atoms with Crippen molar-refractivity contribution in [2.75, 3.05) is 37.6 Å². The van der Waals surface area contributed by atoms with Crippen LogP contribution in [-0.2, 0) is 6.54 Å². The molecule has 0 amide bonds. The minimum absolute atomic E-state index is 0.820. The molecule has 1 aliphatic rings. The van der Waals surface area contributed by atoms with Crippen molar-refractivity contribution >= 4 is 28.3 Å². The standard InChI is InChI=1S/C18H20ClN5/c19-15-5-1-4-8-18(15)23-12-9-22(10-13-23)11-14-24-20-16-6-2-3-7-17(16)21-24/h1-8H,9-14H2. The van der Waals surface area contributed by atoms with Crippen molar-refractivity contribution in [3.8, 4) is 0 Å². The highest BCUT2D eigenvalue weighted by Gasteiger charge is 2.18. The van der Waals surface area contributed by atoms with Gasteiger partial charge in [-0.1, -0.05) is 35.9 Å². The van der Waals surface area contributed by atoms with Crippen molar-refractivity contribution in [3.05, 3.63) is 53.6 Å². The van der Waals surface area contributed by atoms with Gasteiger partial charge in [-0.05, 0) is 24.3 Å². The lowest BCUT2D eigenvalue weighted by Crippen LogP contribution is -2.47. The zero-order valence-corrected chi connectivity index (χ0v) is 14.2. The van der Waals surface area contributed by atoms with Crippen molar-refractivity contribution in [2.45, 2.75) is 6.54 Å². The minimum Gasteiger partial charge on any atom is -0.368 e. The highest BCUT2D eigenvalue weighted by Crippen LogP contribution is 2.25. The van der Waals surface area contributed by atoms with Crippen molar-refractivity contribution in [1.29, 1.82) is 0 Å². The zero-order chi connectivity index (χ0) is 16.4. The minimum atomic E-state index is 0.820. The van der Waals surface area contributed by atoms with E-state index >= 15 is 0 Å². The van der Waals surface area contributed by atoms with Gasteiger partial charge in [-0.25, -0.2) is 0 Å². The summed E-state index contributed by atoms with van der Waals surface area (Å²) in [4.78, 5) is 6.63. The summed E-state index contributed by atoms with van der Waals surface area (Å²) >= 11 is 6.30.